The van der Waals surface area contributed by atoms with Gasteiger partial charge in [0.05, 0.1) is 12.3 Å². The molecule has 0 spiro atoms. The van der Waals surface area contributed by atoms with Crippen LogP contribution >= 0.6 is 0 Å². The first kappa shape index (κ1) is 13.5. The fourth-order valence-electron chi connectivity index (χ4n) is 0.815. The molecular weight excluding hydrogens is 206 g/mol. The zero-order valence-corrected chi connectivity index (χ0v) is 9.30. The molecule has 6 heteroatoms. The molecule has 0 saturated heterocycles. The summed E-state index contributed by atoms with van der Waals surface area (Å²) in [5, 5.41) is 2.67. The number of Topliss-reactive ketones (excluding diaryl/α,β-unsaturated/α-hetero) is 1. The SMILES string of the molecule is CCC(C)C(=O)CNCCS(=O)(=O)O. The molecule has 2 N–H and O–H groups in total. The average Bonchev–Trinajstić information content (AvgIpc) is 2.09. The first-order chi connectivity index (χ1) is 6.37. The summed E-state index contributed by atoms with van der Waals surface area (Å²) in [6.07, 6.45) is 0.777. The van der Waals surface area contributed by atoms with Crippen molar-refractivity contribution in [2.24, 2.45) is 5.92 Å². The van der Waals surface area contributed by atoms with Crippen LogP contribution in [0.2, 0.25) is 0 Å². The number of hydrogen-bond acceptors (Lipinski definition) is 4. The Bertz CT molecular complexity index is 273. The zero-order chi connectivity index (χ0) is 11.2. The van der Waals surface area contributed by atoms with E-state index in [1.165, 1.54) is 0 Å². The predicted molar refractivity (Wildman–Crippen MR) is 53.7 cm³/mol. The Morgan fingerprint density at radius 2 is 2.07 bits per heavy atom. The maximum Gasteiger partial charge on any atom is 0.266 e. The first-order valence-electron chi connectivity index (χ1n) is 4.55. The fraction of sp³-hybridized carbons (Fsp3) is 0.875. The van der Waals surface area contributed by atoms with E-state index in [1.807, 2.05) is 13.8 Å². The lowest BCUT2D eigenvalue weighted by Gasteiger charge is -2.07. The minimum absolute atomic E-state index is 0.00627. The summed E-state index contributed by atoms with van der Waals surface area (Å²) in [5.41, 5.74) is 0. The second-order valence-corrected chi connectivity index (χ2v) is 4.81. The molecule has 0 radical (unpaired) electrons. The van der Waals surface area contributed by atoms with Gasteiger partial charge in [0.15, 0.2) is 0 Å². The Morgan fingerprint density at radius 1 is 1.50 bits per heavy atom. The Morgan fingerprint density at radius 3 is 2.50 bits per heavy atom. The zero-order valence-electron chi connectivity index (χ0n) is 8.49. The van der Waals surface area contributed by atoms with Crippen LogP contribution in [0.15, 0.2) is 0 Å². The van der Waals surface area contributed by atoms with Gasteiger partial charge in [0, 0.05) is 12.5 Å². The van der Waals surface area contributed by atoms with E-state index in [0.29, 0.717) is 0 Å². The molecule has 0 amide bonds. The molecule has 5 nitrogen and oxygen atoms in total. The van der Waals surface area contributed by atoms with Gasteiger partial charge in [0.1, 0.15) is 5.78 Å². The normalized spacial score (nSPS) is 13.9. The molecule has 14 heavy (non-hydrogen) atoms. The predicted octanol–water partition coefficient (Wildman–Crippen LogP) is 0.0790. The van der Waals surface area contributed by atoms with Crippen molar-refractivity contribution in [3.05, 3.63) is 0 Å². The van der Waals surface area contributed by atoms with E-state index in [1.54, 1.807) is 0 Å². The van der Waals surface area contributed by atoms with Gasteiger partial charge in [0.2, 0.25) is 0 Å². The summed E-state index contributed by atoms with van der Waals surface area (Å²) in [5.74, 6) is -0.308. The minimum atomic E-state index is -3.92. The average molecular weight is 223 g/mol. The number of carbonyl (C=O) groups is 1. The lowest BCUT2D eigenvalue weighted by molar-refractivity contribution is -0.121. The lowest BCUT2D eigenvalue weighted by atomic mass is 10.0. The van der Waals surface area contributed by atoms with Crippen LogP contribution in [0.25, 0.3) is 0 Å². The minimum Gasteiger partial charge on any atom is -0.309 e. The quantitative estimate of drug-likeness (QED) is 0.471. The standard InChI is InChI=1S/C8H17NO4S/c1-3-7(2)8(10)6-9-4-5-14(11,12)13/h7,9H,3-6H2,1-2H3,(H,11,12,13). The van der Waals surface area contributed by atoms with Gasteiger partial charge < -0.3 is 5.32 Å². The van der Waals surface area contributed by atoms with E-state index in [-0.39, 0.29) is 30.5 Å². The van der Waals surface area contributed by atoms with Crippen molar-refractivity contribution in [2.45, 2.75) is 20.3 Å². The largest absolute Gasteiger partial charge is 0.309 e. The van der Waals surface area contributed by atoms with Crippen molar-refractivity contribution in [2.75, 3.05) is 18.8 Å². The number of hydrogen-bond donors (Lipinski definition) is 2. The molecule has 1 unspecified atom stereocenters. The molecule has 0 rings (SSSR count). The molecule has 0 heterocycles. The van der Waals surface area contributed by atoms with Gasteiger partial charge in [-0.1, -0.05) is 13.8 Å². The second-order valence-electron chi connectivity index (χ2n) is 3.24. The van der Waals surface area contributed by atoms with E-state index in [0.717, 1.165) is 6.42 Å². The maximum absolute atomic E-state index is 11.2. The van der Waals surface area contributed by atoms with Crippen LogP contribution in [-0.2, 0) is 14.9 Å². The van der Waals surface area contributed by atoms with Crippen LogP contribution in [0.3, 0.4) is 0 Å². The first-order valence-corrected chi connectivity index (χ1v) is 6.16. The second kappa shape index (κ2) is 6.10. The molecule has 0 aromatic carbocycles. The third-order valence-corrected chi connectivity index (χ3v) is 2.72. The summed E-state index contributed by atoms with van der Waals surface area (Å²) in [6.45, 7) is 4.00. The Balaban J connectivity index is 3.61. The third-order valence-electron chi connectivity index (χ3n) is 2.00. The van der Waals surface area contributed by atoms with Gasteiger partial charge in [-0.2, -0.15) is 8.42 Å². The molecule has 0 aliphatic rings. The molecule has 0 bridgehead atoms. The van der Waals surface area contributed by atoms with Crippen molar-refractivity contribution in [3.63, 3.8) is 0 Å². The smallest absolute Gasteiger partial charge is 0.266 e. The summed E-state index contributed by atoms with van der Waals surface area (Å²) in [6, 6.07) is 0. The van der Waals surface area contributed by atoms with E-state index < -0.39 is 10.1 Å². The van der Waals surface area contributed by atoms with Gasteiger partial charge in [-0.3, -0.25) is 9.35 Å². The Labute approximate surface area is 84.6 Å². The third kappa shape index (κ3) is 6.99. The molecule has 0 saturated carbocycles. The van der Waals surface area contributed by atoms with E-state index in [9.17, 15) is 13.2 Å². The van der Waals surface area contributed by atoms with Gasteiger partial charge in [-0.05, 0) is 6.42 Å². The van der Waals surface area contributed by atoms with E-state index in [2.05, 4.69) is 5.32 Å². The molecule has 0 fully saturated rings. The molecule has 84 valence electrons. The topological polar surface area (TPSA) is 83.5 Å². The van der Waals surface area contributed by atoms with Crippen molar-refractivity contribution in [3.8, 4) is 0 Å². The van der Waals surface area contributed by atoms with Crippen LogP contribution in [0.4, 0.5) is 0 Å². The van der Waals surface area contributed by atoms with E-state index in [4.69, 9.17) is 4.55 Å². The van der Waals surface area contributed by atoms with Crippen molar-refractivity contribution < 1.29 is 17.8 Å². The summed E-state index contributed by atoms with van der Waals surface area (Å²) in [4.78, 5) is 11.2. The van der Waals surface area contributed by atoms with Crippen LogP contribution in [-0.4, -0.2) is 37.6 Å². The Kier molecular flexibility index (Phi) is 5.90. The number of carbonyl (C=O) groups excluding carboxylic acids is 1. The van der Waals surface area contributed by atoms with E-state index >= 15 is 0 Å². The summed E-state index contributed by atoms with van der Waals surface area (Å²) >= 11 is 0. The highest BCUT2D eigenvalue weighted by Crippen LogP contribution is 2.00. The van der Waals surface area contributed by atoms with Gasteiger partial charge in [-0.25, -0.2) is 0 Å². The van der Waals surface area contributed by atoms with Crippen LogP contribution in [0, 0.1) is 5.92 Å². The highest BCUT2D eigenvalue weighted by Gasteiger charge is 2.10. The lowest BCUT2D eigenvalue weighted by Crippen LogP contribution is -2.30. The van der Waals surface area contributed by atoms with Crippen LogP contribution < -0.4 is 5.32 Å². The molecule has 0 aliphatic carbocycles. The van der Waals surface area contributed by atoms with Crippen molar-refractivity contribution in [1.82, 2.24) is 5.32 Å². The van der Waals surface area contributed by atoms with Crippen LogP contribution in [0.1, 0.15) is 20.3 Å². The monoisotopic (exact) mass is 223 g/mol. The van der Waals surface area contributed by atoms with Crippen molar-refractivity contribution >= 4 is 15.9 Å². The van der Waals surface area contributed by atoms with Gasteiger partial charge in [-0.15, -0.1) is 0 Å². The fourth-order valence-corrected chi connectivity index (χ4v) is 1.22. The summed E-state index contributed by atoms with van der Waals surface area (Å²) < 4.78 is 29.0. The molecule has 0 aromatic rings. The number of nitrogens with one attached hydrogen (secondary N) is 1. The number of ketones is 1. The highest BCUT2D eigenvalue weighted by atomic mass is 32.2. The van der Waals surface area contributed by atoms with Crippen LogP contribution in [0.5, 0.6) is 0 Å². The van der Waals surface area contributed by atoms with Gasteiger partial charge in [0.25, 0.3) is 10.1 Å². The molecular formula is C8H17NO4S. The van der Waals surface area contributed by atoms with Crippen molar-refractivity contribution in [1.29, 1.82) is 0 Å². The molecule has 0 aromatic heterocycles. The molecule has 0 aliphatic heterocycles. The Hall–Kier alpha value is -0.460. The van der Waals surface area contributed by atoms with Gasteiger partial charge >= 0.3 is 0 Å². The molecule has 1 atom stereocenters. The maximum atomic E-state index is 11.2. The summed E-state index contributed by atoms with van der Waals surface area (Å²) in [7, 11) is -3.92. The highest BCUT2D eigenvalue weighted by molar-refractivity contribution is 7.85. The number of rotatable bonds is 7.